The number of benzene rings is 1. The van der Waals surface area contributed by atoms with Gasteiger partial charge >= 0.3 is 6.18 Å². The van der Waals surface area contributed by atoms with Crippen LogP contribution in [0.3, 0.4) is 0 Å². The average Bonchev–Trinajstić information content (AvgIpc) is 3.31. The third-order valence-electron chi connectivity index (χ3n) is 6.99. The molecule has 1 unspecified atom stereocenters. The number of carbonyl (C=O) groups excluding carboxylic acids is 1. The quantitative estimate of drug-likeness (QED) is 0.855. The summed E-state index contributed by atoms with van der Waals surface area (Å²) >= 11 is 0. The molecule has 7 heteroatoms. The molecule has 4 rings (SSSR count). The topological polar surface area (TPSA) is 35.6 Å². The molecule has 28 heavy (non-hydrogen) atoms. The van der Waals surface area contributed by atoms with E-state index >= 15 is 0 Å². The van der Waals surface area contributed by atoms with Crippen LogP contribution in [0, 0.1) is 10.8 Å². The normalized spacial score (nSPS) is 28.2. The summed E-state index contributed by atoms with van der Waals surface area (Å²) in [5, 5.41) is 3.35. The first-order valence-corrected chi connectivity index (χ1v) is 10.2. The maximum Gasteiger partial charge on any atom is 0.404 e. The van der Waals surface area contributed by atoms with Crippen LogP contribution in [-0.4, -0.2) is 61.2 Å². The van der Waals surface area contributed by atoms with Crippen molar-refractivity contribution in [2.75, 3.05) is 39.3 Å². The van der Waals surface area contributed by atoms with E-state index in [1.165, 1.54) is 4.90 Å². The third-order valence-corrected chi connectivity index (χ3v) is 6.99. The summed E-state index contributed by atoms with van der Waals surface area (Å²) < 4.78 is 42.4. The highest BCUT2D eigenvalue weighted by atomic mass is 19.4. The lowest BCUT2D eigenvalue weighted by Gasteiger charge is -2.42. The van der Waals surface area contributed by atoms with Crippen LogP contribution in [0.2, 0.25) is 0 Å². The summed E-state index contributed by atoms with van der Waals surface area (Å²) in [5.41, 5.74) is -1.11. The molecule has 0 aromatic heterocycles. The predicted octanol–water partition coefficient (Wildman–Crippen LogP) is 3.04. The number of alkyl halides is 3. The standard InChI is InChI=1S/C21H28F3N3O/c22-21(23,24)20(9-11-26(16-20)14-17-4-2-1-3-5-17)18(28)27-12-7-19(8-13-27)6-10-25-15-19/h1-5,25H,6-16H2. The monoisotopic (exact) mass is 395 g/mol. The second-order valence-electron chi connectivity index (χ2n) is 8.75. The van der Waals surface area contributed by atoms with Gasteiger partial charge in [-0.1, -0.05) is 30.3 Å². The summed E-state index contributed by atoms with van der Waals surface area (Å²) in [6.45, 7) is 3.27. The molecule has 0 saturated carbocycles. The van der Waals surface area contributed by atoms with Gasteiger partial charge in [-0.05, 0) is 49.8 Å². The van der Waals surface area contributed by atoms with Gasteiger partial charge in [-0.3, -0.25) is 9.69 Å². The fourth-order valence-electron chi connectivity index (χ4n) is 5.10. The molecule has 1 aromatic carbocycles. The molecule has 1 aromatic rings. The molecule has 3 fully saturated rings. The van der Waals surface area contributed by atoms with Gasteiger partial charge in [0.05, 0.1) is 0 Å². The van der Waals surface area contributed by atoms with Crippen molar-refractivity contribution >= 4 is 5.91 Å². The minimum absolute atomic E-state index is 0.147. The lowest BCUT2D eigenvalue weighted by molar-refractivity contribution is -0.224. The number of likely N-dealkylation sites (tertiary alicyclic amines) is 2. The van der Waals surface area contributed by atoms with E-state index < -0.39 is 17.5 Å². The Balaban J connectivity index is 1.46. The van der Waals surface area contributed by atoms with Gasteiger partial charge in [0, 0.05) is 32.7 Å². The van der Waals surface area contributed by atoms with E-state index in [9.17, 15) is 18.0 Å². The van der Waals surface area contributed by atoms with Gasteiger partial charge in [-0.2, -0.15) is 13.2 Å². The highest BCUT2D eigenvalue weighted by Crippen LogP contribution is 2.48. The van der Waals surface area contributed by atoms with Crippen molar-refractivity contribution in [1.82, 2.24) is 15.1 Å². The number of carbonyl (C=O) groups is 1. The zero-order chi connectivity index (χ0) is 19.8. The molecule has 1 atom stereocenters. The summed E-state index contributed by atoms with van der Waals surface area (Å²) in [4.78, 5) is 16.4. The largest absolute Gasteiger partial charge is 0.404 e. The Kier molecular flexibility index (Phi) is 5.16. The van der Waals surface area contributed by atoms with Gasteiger partial charge in [0.1, 0.15) is 0 Å². The Morgan fingerprint density at radius 2 is 1.75 bits per heavy atom. The lowest BCUT2D eigenvalue weighted by Crippen LogP contribution is -2.56. The molecular formula is C21H28F3N3O. The summed E-state index contributed by atoms with van der Waals surface area (Å²) in [7, 11) is 0. The number of halogens is 3. The van der Waals surface area contributed by atoms with Crippen LogP contribution >= 0.6 is 0 Å². The van der Waals surface area contributed by atoms with Crippen LogP contribution in [0.1, 0.15) is 31.2 Å². The zero-order valence-electron chi connectivity index (χ0n) is 16.1. The van der Waals surface area contributed by atoms with Crippen molar-refractivity contribution in [1.29, 1.82) is 0 Å². The number of rotatable bonds is 3. The van der Waals surface area contributed by atoms with Crippen LogP contribution < -0.4 is 5.32 Å². The molecule has 1 amide bonds. The summed E-state index contributed by atoms with van der Waals surface area (Å²) in [5.74, 6) is -0.712. The Hall–Kier alpha value is -1.60. The Morgan fingerprint density at radius 3 is 2.36 bits per heavy atom. The highest BCUT2D eigenvalue weighted by molar-refractivity contribution is 5.84. The van der Waals surface area contributed by atoms with E-state index in [0.717, 1.165) is 37.9 Å². The van der Waals surface area contributed by atoms with Crippen molar-refractivity contribution in [3.63, 3.8) is 0 Å². The van der Waals surface area contributed by atoms with Gasteiger partial charge in [-0.15, -0.1) is 0 Å². The van der Waals surface area contributed by atoms with Crippen molar-refractivity contribution in [3.8, 4) is 0 Å². The fourth-order valence-corrected chi connectivity index (χ4v) is 5.10. The minimum atomic E-state index is -4.53. The predicted molar refractivity (Wildman–Crippen MR) is 101 cm³/mol. The molecule has 0 radical (unpaired) electrons. The molecule has 0 bridgehead atoms. The lowest BCUT2D eigenvalue weighted by atomic mass is 9.76. The Morgan fingerprint density at radius 1 is 1.04 bits per heavy atom. The molecule has 1 N–H and O–H groups in total. The molecule has 3 saturated heterocycles. The maximum absolute atomic E-state index is 14.1. The molecule has 154 valence electrons. The minimum Gasteiger partial charge on any atom is -0.342 e. The first kappa shape index (κ1) is 19.7. The van der Waals surface area contributed by atoms with Crippen LogP contribution in [0.25, 0.3) is 0 Å². The third kappa shape index (κ3) is 3.54. The van der Waals surface area contributed by atoms with E-state index in [1.807, 2.05) is 30.3 Å². The van der Waals surface area contributed by atoms with E-state index in [-0.39, 0.29) is 18.4 Å². The number of piperidine rings is 1. The summed E-state index contributed by atoms with van der Waals surface area (Å²) in [6, 6.07) is 9.48. The highest BCUT2D eigenvalue weighted by Gasteiger charge is 2.64. The smallest absolute Gasteiger partial charge is 0.342 e. The molecule has 3 heterocycles. The molecule has 4 nitrogen and oxygen atoms in total. The van der Waals surface area contributed by atoms with E-state index in [2.05, 4.69) is 5.32 Å². The van der Waals surface area contributed by atoms with Gasteiger partial charge in [0.25, 0.3) is 0 Å². The summed E-state index contributed by atoms with van der Waals surface area (Å²) in [6.07, 6.45) is -2.02. The molecule has 3 aliphatic rings. The molecular weight excluding hydrogens is 367 g/mol. The number of amides is 1. The number of nitrogens with one attached hydrogen (secondary N) is 1. The number of hydrogen-bond donors (Lipinski definition) is 1. The Labute approximate surface area is 164 Å². The van der Waals surface area contributed by atoms with Gasteiger partial charge < -0.3 is 10.2 Å². The van der Waals surface area contributed by atoms with Crippen molar-refractivity contribution < 1.29 is 18.0 Å². The molecule has 1 spiro atoms. The molecule has 3 aliphatic heterocycles. The van der Waals surface area contributed by atoms with Crippen LogP contribution in [0.5, 0.6) is 0 Å². The van der Waals surface area contributed by atoms with Gasteiger partial charge in [0.15, 0.2) is 5.41 Å². The van der Waals surface area contributed by atoms with E-state index in [4.69, 9.17) is 0 Å². The van der Waals surface area contributed by atoms with Gasteiger partial charge in [-0.25, -0.2) is 0 Å². The number of nitrogens with zero attached hydrogens (tertiary/aromatic N) is 2. The fraction of sp³-hybridized carbons (Fsp3) is 0.667. The first-order chi connectivity index (χ1) is 13.3. The van der Waals surface area contributed by atoms with Gasteiger partial charge in [0.2, 0.25) is 5.91 Å². The van der Waals surface area contributed by atoms with Crippen LogP contribution in [0.15, 0.2) is 30.3 Å². The second-order valence-corrected chi connectivity index (χ2v) is 8.75. The second kappa shape index (κ2) is 7.34. The Bertz CT molecular complexity index is 693. The van der Waals surface area contributed by atoms with Crippen molar-refractivity contribution in [2.24, 2.45) is 10.8 Å². The van der Waals surface area contributed by atoms with E-state index in [0.29, 0.717) is 26.2 Å². The zero-order valence-corrected chi connectivity index (χ0v) is 16.1. The molecule has 0 aliphatic carbocycles. The van der Waals surface area contributed by atoms with Crippen molar-refractivity contribution in [3.05, 3.63) is 35.9 Å². The average molecular weight is 395 g/mol. The van der Waals surface area contributed by atoms with Crippen LogP contribution in [-0.2, 0) is 11.3 Å². The maximum atomic E-state index is 14.1. The van der Waals surface area contributed by atoms with Crippen molar-refractivity contribution in [2.45, 2.75) is 38.4 Å². The first-order valence-electron chi connectivity index (χ1n) is 10.2. The van der Waals surface area contributed by atoms with Crippen LogP contribution in [0.4, 0.5) is 13.2 Å². The number of hydrogen-bond acceptors (Lipinski definition) is 3. The SMILES string of the molecule is O=C(N1CCC2(CCNC2)CC1)C1(C(F)(F)F)CCN(Cc2ccccc2)C1. The van der Waals surface area contributed by atoms with E-state index in [1.54, 1.807) is 4.90 Å².